The van der Waals surface area contributed by atoms with Crippen LogP contribution in [0.5, 0.6) is 0 Å². The minimum absolute atomic E-state index is 0.411. The molecule has 1 aliphatic rings. The van der Waals surface area contributed by atoms with Crippen LogP contribution in [0.25, 0.3) is 0 Å². The lowest BCUT2D eigenvalue weighted by Crippen LogP contribution is -2.29. The second-order valence-electron chi connectivity index (χ2n) is 7.04. The van der Waals surface area contributed by atoms with Gasteiger partial charge in [0.15, 0.2) is 0 Å². The maximum absolute atomic E-state index is 5.35. The number of benzene rings is 2. The standard InChI is InChI=1S/C23H30N2OS/c1-26-18-22-13-8-16-25(22)24-17-23(15-14-20-9-4-2-5-10-20)27-19-21-11-6-3-7-12-21/h2-7,9-12,17,22-23H,8,13-16,18-19H2,1H3/b24-17+/t22-,23-/m0/s1. The van der Waals surface area contributed by atoms with E-state index in [0.29, 0.717) is 11.3 Å². The van der Waals surface area contributed by atoms with Crippen molar-refractivity contribution < 1.29 is 4.74 Å². The summed E-state index contributed by atoms with van der Waals surface area (Å²) in [6.07, 6.45) is 6.74. The number of hydrazone groups is 1. The summed E-state index contributed by atoms with van der Waals surface area (Å²) in [4.78, 5) is 0. The van der Waals surface area contributed by atoms with E-state index in [4.69, 9.17) is 9.84 Å². The van der Waals surface area contributed by atoms with Crippen LogP contribution in [0.1, 0.15) is 30.4 Å². The molecule has 2 aromatic carbocycles. The lowest BCUT2D eigenvalue weighted by Gasteiger charge is -2.21. The molecule has 3 rings (SSSR count). The van der Waals surface area contributed by atoms with Crippen LogP contribution in [-0.2, 0) is 16.9 Å². The Morgan fingerprint density at radius 1 is 1.11 bits per heavy atom. The molecule has 0 bridgehead atoms. The fourth-order valence-electron chi connectivity index (χ4n) is 3.43. The SMILES string of the molecule is COC[C@@H]1CCCN1/N=C/[C@H](CCc1ccccc1)SCc1ccccc1. The molecular formula is C23H30N2OS. The first kappa shape index (κ1) is 20.0. The third-order valence-corrected chi connectivity index (χ3v) is 6.24. The molecular weight excluding hydrogens is 352 g/mol. The van der Waals surface area contributed by atoms with E-state index in [1.54, 1.807) is 7.11 Å². The van der Waals surface area contributed by atoms with Gasteiger partial charge in [-0.3, -0.25) is 5.01 Å². The Kier molecular flexibility index (Phi) is 8.25. The van der Waals surface area contributed by atoms with Crippen molar-refractivity contribution in [3.05, 3.63) is 71.8 Å². The first-order valence-corrected chi connectivity index (χ1v) is 10.9. The predicted molar refractivity (Wildman–Crippen MR) is 116 cm³/mol. The summed E-state index contributed by atoms with van der Waals surface area (Å²) in [5, 5.41) is 7.49. The summed E-state index contributed by atoms with van der Waals surface area (Å²) in [5.41, 5.74) is 2.77. The summed E-state index contributed by atoms with van der Waals surface area (Å²) in [6, 6.07) is 21.9. The number of aryl methyl sites for hydroxylation is 1. The van der Waals surface area contributed by atoms with Gasteiger partial charge in [-0.05, 0) is 36.8 Å². The topological polar surface area (TPSA) is 24.8 Å². The Morgan fingerprint density at radius 2 is 1.81 bits per heavy atom. The van der Waals surface area contributed by atoms with Crippen LogP contribution in [-0.4, -0.2) is 42.8 Å². The Labute approximate surface area is 167 Å². The smallest absolute Gasteiger partial charge is 0.0704 e. The van der Waals surface area contributed by atoms with Crippen LogP contribution >= 0.6 is 11.8 Å². The molecule has 0 amide bonds. The zero-order valence-electron chi connectivity index (χ0n) is 16.2. The van der Waals surface area contributed by atoms with Gasteiger partial charge in [-0.25, -0.2) is 0 Å². The van der Waals surface area contributed by atoms with E-state index in [1.165, 1.54) is 24.0 Å². The average Bonchev–Trinajstić information content (AvgIpc) is 3.16. The molecule has 2 aromatic rings. The van der Waals surface area contributed by atoms with Crippen LogP contribution < -0.4 is 0 Å². The van der Waals surface area contributed by atoms with E-state index in [1.807, 2.05) is 11.8 Å². The van der Waals surface area contributed by atoms with Crippen molar-refractivity contribution >= 4 is 18.0 Å². The molecule has 1 saturated heterocycles. The highest BCUT2D eigenvalue weighted by molar-refractivity contribution is 7.99. The molecule has 0 saturated carbocycles. The largest absolute Gasteiger partial charge is 0.382 e. The van der Waals surface area contributed by atoms with Gasteiger partial charge in [0.05, 0.1) is 12.6 Å². The van der Waals surface area contributed by atoms with Crippen LogP contribution in [0.4, 0.5) is 0 Å². The molecule has 144 valence electrons. The summed E-state index contributed by atoms with van der Waals surface area (Å²) >= 11 is 1.98. The number of methoxy groups -OCH3 is 1. The van der Waals surface area contributed by atoms with E-state index in [-0.39, 0.29) is 0 Å². The van der Waals surface area contributed by atoms with Crippen LogP contribution in [0.15, 0.2) is 65.8 Å². The van der Waals surface area contributed by atoms with Crippen molar-refractivity contribution in [1.29, 1.82) is 0 Å². The third kappa shape index (κ3) is 6.71. The monoisotopic (exact) mass is 382 g/mol. The molecule has 0 spiro atoms. The number of thioether (sulfide) groups is 1. The van der Waals surface area contributed by atoms with Gasteiger partial charge in [0.2, 0.25) is 0 Å². The van der Waals surface area contributed by atoms with Crippen LogP contribution in [0.2, 0.25) is 0 Å². The number of ether oxygens (including phenoxy) is 1. The van der Waals surface area contributed by atoms with Crippen molar-refractivity contribution in [3.63, 3.8) is 0 Å². The molecule has 1 fully saturated rings. The van der Waals surface area contributed by atoms with Crippen molar-refractivity contribution in [3.8, 4) is 0 Å². The van der Waals surface area contributed by atoms with E-state index in [9.17, 15) is 0 Å². The molecule has 2 atom stereocenters. The summed E-state index contributed by atoms with van der Waals surface area (Å²) in [6.45, 7) is 1.81. The highest BCUT2D eigenvalue weighted by Gasteiger charge is 2.23. The minimum Gasteiger partial charge on any atom is -0.382 e. The van der Waals surface area contributed by atoms with Crippen LogP contribution in [0, 0.1) is 0 Å². The second kappa shape index (κ2) is 11.2. The molecule has 0 N–H and O–H groups in total. The van der Waals surface area contributed by atoms with Crippen LogP contribution in [0.3, 0.4) is 0 Å². The fraction of sp³-hybridized carbons (Fsp3) is 0.435. The normalized spacial score (nSPS) is 18.3. The van der Waals surface area contributed by atoms with Gasteiger partial charge in [-0.1, -0.05) is 60.7 Å². The average molecular weight is 383 g/mol. The quantitative estimate of drug-likeness (QED) is 0.540. The maximum Gasteiger partial charge on any atom is 0.0704 e. The number of nitrogens with zero attached hydrogens (tertiary/aromatic N) is 2. The Bertz CT molecular complexity index is 634. The van der Waals surface area contributed by atoms with E-state index in [0.717, 1.165) is 31.7 Å². The number of rotatable bonds is 10. The van der Waals surface area contributed by atoms with Gasteiger partial charge >= 0.3 is 0 Å². The van der Waals surface area contributed by atoms with E-state index < -0.39 is 0 Å². The first-order chi connectivity index (χ1) is 13.3. The van der Waals surface area contributed by atoms with Crippen molar-refractivity contribution in [2.24, 2.45) is 5.10 Å². The second-order valence-corrected chi connectivity index (χ2v) is 8.27. The lowest BCUT2D eigenvalue weighted by atomic mass is 10.1. The Morgan fingerprint density at radius 3 is 2.52 bits per heavy atom. The highest BCUT2D eigenvalue weighted by atomic mass is 32.2. The van der Waals surface area contributed by atoms with E-state index in [2.05, 4.69) is 71.9 Å². The molecule has 1 aliphatic heterocycles. The molecule has 1 heterocycles. The molecule has 0 radical (unpaired) electrons. The minimum atomic E-state index is 0.411. The number of hydrogen-bond acceptors (Lipinski definition) is 4. The molecule has 0 aliphatic carbocycles. The van der Waals surface area contributed by atoms with Gasteiger partial charge in [-0.2, -0.15) is 5.10 Å². The summed E-state index contributed by atoms with van der Waals surface area (Å²) in [7, 11) is 1.78. The Balaban J connectivity index is 1.60. The van der Waals surface area contributed by atoms with Gasteiger partial charge in [0.1, 0.15) is 0 Å². The lowest BCUT2D eigenvalue weighted by molar-refractivity contribution is 0.118. The summed E-state index contributed by atoms with van der Waals surface area (Å²) in [5.74, 6) is 1.02. The molecule has 4 heteroatoms. The first-order valence-electron chi connectivity index (χ1n) is 9.84. The highest BCUT2D eigenvalue weighted by Crippen LogP contribution is 2.23. The molecule has 0 unspecified atom stereocenters. The van der Waals surface area contributed by atoms with E-state index >= 15 is 0 Å². The van der Waals surface area contributed by atoms with Gasteiger partial charge in [0, 0.05) is 30.9 Å². The fourth-order valence-corrected chi connectivity index (χ4v) is 4.45. The third-order valence-electron chi connectivity index (χ3n) is 4.95. The molecule has 0 aromatic heterocycles. The predicted octanol–water partition coefficient (Wildman–Crippen LogP) is 5.02. The Hall–Kier alpha value is -1.78. The maximum atomic E-state index is 5.35. The van der Waals surface area contributed by atoms with Gasteiger partial charge < -0.3 is 4.74 Å². The van der Waals surface area contributed by atoms with Crippen molar-refractivity contribution in [1.82, 2.24) is 5.01 Å². The van der Waals surface area contributed by atoms with Crippen molar-refractivity contribution in [2.45, 2.75) is 42.7 Å². The zero-order valence-corrected chi connectivity index (χ0v) is 17.0. The van der Waals surface area contributed by atoms with Gasteiger partial charge in [-0.15, -0.1) is 11.8 Å². The van der Waals surface area contributed by atoms with Crippen molar-refractivity contribution in [2.75, 3.05) is 20.3 Å². The number of hydrogen-bond donors (Lipinski definition) is 0. The zero-order chi connectivity index (χ0) is 18.7. The van der Waals surface area contributed by atoms with Gasteiger partial charge in [0.25, 0.3) is 0 Å². The summed E-state index contributed by atoms with van der Waals surface area (Å²) < 4.78 is 5.35. The molecule has 3 nitrogen and oxygen atoms in total. The molecule has 27 heavy (non-hydrogen) atoms.